The SMILES string of the molecule is Cc1cc(C)cc(CC(NN)c2ccc(Cl)cn2)c1. The van der Waals surface area contributed by atoms with Crippen molar-refractivity contribution < 1.29 is 0 Å². The number of hydrogen-bond acceptors (Lipinski definition) is 3. The van der Waals surface area contributed by atoms with E-state index < -0.39 is 0 Å². The maximum atomic E-state index is 5.85. The average molecular weight is 276 g/mol. The van der Waals surface area contributed by atoms with Crippen LogP contribution in [0.3, 0.4) is 0 Å². The van der Waals surface area contributed by atoms with Gasteiger partial charge in [0.2, 0.25) is 0 Å². The molecule has 3 nitrogen and oxygen atoms in total. The van der Waals surface area contributed by atoms with Crippen molar-refractivity contribution in [3.63, 3.8) is 0 Å². The summed E-state index contributed by atoms with van der Waals surface area (Å²) in [4.78, 5) is 4.32. The van der Waals surface area contributed by atoms with E-state index in [2.05, 4.69) is 42.5 Å². The summed E-state index contributed by atoms with van der Waals surface area (Å²) < 4.78 is 0. The highest BCUT2D eigenvalue weighted by Gasteiger charge is 2.12. The lowest BCUT2D eigenvalue weighted by atomic mass is 9.99. The molecule has 2 rings (SSSR count). The minimum absolute atomic E-state index is 0.0153. The smallest absolute Gasteiger partial charge is 0.0672 e. The second kappa shape index (κ2) is 6.15. The van der Waals surface area contributed by atoms with Crippen molar-refractivity contribution in [2.75, 3.05) is 0 Å². The van der Waals surface area contributed by atoms with Gasteiger partial charge in [-0.15, -0.1) is 0 Å². The maximum Gasteiger partial charge on any atom is 0.0672 e. The van der Waals surface area contributed by atoms with E-state index in [0.29, 0.717) is 5.02 Å². The number of hydrazine groups is 1. The van der Waals surface area contributed by atoms with Gasteiger partial charge in [0.25, 0.3) is 0 Å². The maximum absolute atomic E-state index is 5.85. The lowest BCUT2D eigenvalue weighted by molar-refractivity contribution is 0.538. The Labute approximate surface area is 118 Å². The van der Waals surface area contributed by atoms with Crippen LogP contribution in [0.1, 0.15) is 28.4 Å². The summed E-state index contributed by atoms with van der Waals surface area (Å²) in [6.45, 7) is 4.20. The summed E-state index contributed by atoms with van der Waals surface area (Å²) >= 11 is 5.85. The standard InChI is InChI=1S/C15H18ClN3/c1-10-5-11(2)7-12(6-10)8-15(19-17)14-4-3-13(16)9-18-14/h3-7,9,15,19H,8,17H2,1-2H3. The number of halogens is 1. The van der Waals surface area contributed by atoms with Gasteiger partial charge >= 0.3 is 0 Å². The number of rotatable bonds is 4. The van der Waals surface area contributed by atoms with E-state index in [-0.39, 0.29) is 6.04 Å². The number of benzene rings is 1. The van der Waals surface area contributed by atoms with Gasteiger partial charge in [0, 0.05) is 6.20 Å². The zero-order valence-corrected chi connectivity index (χ0v) is 11.9. The van der Waals surface area contributed by atoms with Crippen LogP contribution in [-0.2, 0) is 6.42 Å². The van der Waals surface area contributed by atoms with E-state index in [0.717, 1.165) is 12.1 Å². The molecule has 1 heterocycles. The molecule has 1 aromatic heterocycles. The Bertz CT molecular complexity index is 532. The highest BCUT2D eigenvalue weighted by Crippen LogP contribution is 2.19. The number of hydrogen-bond donors (Lipinski definition) is 2. The van der Waals surface area contributed by atoms with Gasteiger partial charge in [0.15, 0.2) is 0 Å². The van der Waals surface area contributed by atoms with Gasteiger partial charge in [0.1, 0.15) is 0 Å². The van der Waals surface area contributed by atoms with Crippen molar-refractivity contribution in [3.8, 4) is 0 Å². The van der Waals surface area contributed by atoms with Gasteiger partial charge in [-0.25, -0.2) is 0 Å². The van der Waals surface area contributed by atoms with E-state index in [1.807, 2.05) is 12.1 Å². The van der Waals surface area contributed by atoms with Crippen molar-refractivity contribution in [2.45, 2.75) is 26.3 Å². The fourth-order valence-electron chi connectivity index (χ4n) is 2.26. The second-order valence-corrected chi connectivity index (χ2v) is 5.26. The van der Waals surface area contributed by atoms with Gasteiger partial charge in [-0.2, -0.15) is 0 Å². The molecule has 1 aromatic carbocycles. The molecule has 0 aliphatic heterocycles. The van der Waals surface area contributed by atoms with Gasteiger partial charge in [-0.3, -0.25) is 16.3 Å². The fraction of sp³-hybridized carbons (Fsp3) is 0.267. The molecule has 0 bridgehead atoms. The van der Waals surface area contributed by atoms with Gasteiger partial charge in [-0.1, -0.05) is 40.9 Å². The van der Waals surface area contributed by atoms with Crippen LogP contribution in [0.15, 0.2) is 36.5 Å². The number of pyridine rings is 1. The van der Waals surface area contributed by atoms with Gasteiger partial charge in [0.05, 0.1) is 16.8 Å². The molecule has 0 amide bonds. The largest absolute Gasteiger partial charge is 0.271 e. The number of nitrogens with zero attached hydrogens (tertiary/aromatic N) is 1. The number of aryl methyl sites for hydroxylation is 2. The Hall–Kier alpha value is -1.42. The molecule has 0 aliphatic rings. The molecule has 1 atom stereocenters. The van der Waals surface area contributed by atoms with Crippen LogP contribution < -0.4 is 11.3 Å². The Balaban J connectivity index is 2.21. The van der Waals surface area contributed by atoms with Crippen LogP contribution in [-0.4, -0.2) is 4.98 Å². The van der Waals surface area contributed by atoms with Crippen molar-refractivity contribution in [1.82, 2.24) is 10.4 Å². The molecule has 0 saturated carbocycles. The van der Waals surface area contributed by atoms with Crippen LogP contribution in [0.5, 0.6) is 0 Å². The number of nitrogens with one attached hydrogen (secondary N) is 1. The summed E-state index contributed by atoms with van der Waals surface area (Å²) in [5, 5.41) is 0.630. The predicted molar refractivity (Wildman–Crippen MR) is 78.9 cm³/mol. The average Bonchev–Trinajstić information content (AvgIpc) is 2.36. The topological polar surface area (TPSA) is 50.9 Å². The molecule has 0 radical (unpaired) electrons. The molecule has 100 valence electrons. The molecule has 1 unspecified atom stereocenters. The minimum atomic E-state index is -0.0153. The van der Waals surface area contributed by atoms with Crippen molar-refractivity contribution in [2.24, 2.45) is 5.84 Å². The monoisotopic (exact) mass is 275 g/mol. The first-order valence-electron chi connectivity index (χ1n) is 6.23. The fourth-order valence-corrected chi connectivity index (χ4v) is 2.38. The zero-order chi connectivity index (χ0) is 13.8. The van der Waals surface area contributed by atoms with Crippen LogP contribution in [0.25, 0.3) is 0 Å². The second-order valence-electron chi connectivity index (χ2n) is 4.82. The van der Waals surface area contributed by atoms with Crippen molar-refractivity contribution in [3.05, 3.63) is 63.9 Å². The lowest BCUT2D eigenvalue weighted by Crippen LogP contribution is -2.30. The molecule has 0 fully saturated rings. The molecule has 3 N–H and O–H groups in total. The summed E-state index contributed by atoms with van der Waals surface area (Å²) in [6.07, 6.45) is 2.44. The molecule has 0 spiro atoms. The predicted octanol–water partition coefficient (Wildman–Crippen LogP) is 3.10. The molecular weight excluding hydrogens is 258 g/mol. The zero-order valence-electron chi connectivity index (χ0n) is 11.2. The normalized spacial score (nSPS) is 12.4. The third-order valence-electron chi connectivity index (χ3n) is 3.03. The van der Waals surface area contributed by atoms with E-state index in [1.165, 1.54) is 16.7 Å². The first kappa shape index (κ1) is 14.0. The van der Waals surface area contributed by atoms with Crippen molar-refractivity contribution in [1.29, 1.82) is 0 Å². The van der Waals surface area contributed by atoms with E-state index in [4.69, 9.17) is 17.4 Å². The lowest BCUT2D eigenvalue weighted by Gasteiger charge is -2.16. The first-order chi connectivity index (χ1) is 9.08. The van der Waals surface area contributed by atoms with E-state index in [9.17, 15) is 0 Å². The van der Waals surface area contributed by atoms with Gasteiger partial charge in [-0.05, 0) is 38.0 Å². The third kappa shape index (κ3) is 3.77. The molecule has 2 aromatic rings. The summed E-state index contributed by atoms with van der Waals surface area (Å²) in [5.41, 5.74) is 7.48. The Morgan fingerprint density at radius 3 is 2.42 bits per heavy atom. The Morgan fingerprint density at radius 1 is 1.21 bits per heavy atom. The summed E-state index contributed by atoms with van der Waals surface area (Å²) in [5.74, 6) is 5.64. The Morgan fingerprint density at radius 2 is 1.89 bits per heavy atom. The molecule has 0 aliphatic carbocycles. The number of nitrogens with two attached hydrogens (primary N) is 1. The Kier molecular flexibility index (Phi) is 4.53. The quantitative estimate of drug-likeness (QED) is 0.666. The molecule has 0 saturated heterocycles. The van der Waals surface area contributed by atoms with E-state index in [1.54, 1.807) is 6.20 Å². The summed E-state index contributed by atoms with van der Waals surface area (Å²) in [7, 11) is 0. The van der Waals surface area contributed by atoms with Crippen LogP contribution in [0.2, 0.25) is 5.02 Å². The van der Waals surface area contributed by atoms with Crippen LogP contribution >= 0.6 is 11.6 Å². The van der Waals surface area contributed by atoms with E-state index >= 15 is 0 Å². The minimum Gasteiger partial charge on any atom is -0.271 e. The molecular formula is C15H18ClN3. The van der Waals surface area contributed by atoms with Gasteiger partial charge < -0.3 is 0 Å². The highest BCUT2D eigenvalue weighted by molar-refractivity contribution is 6.30. The first-order valence-corrected chi connectivity index (χ1v) is 6.61. The molecule has 19 heavy (non-hydrogen) atoms. The van der Waals surface area contributed by atoms with Crippen molar-refractivity contribution >= 4 is 11.6 Å². The highest BCUT2D eigenvalue weighted by atomic mass is 35.5. The molecule has 4 heteroatoms. The number of aromatic nitrogens is 1. The third-order valence-corrected chi connectivity index (χ3v) is 3.25. The van der Waals surface area contributed by atoms with Crippen LogP contribution in [0.4, 0.5) is 0 Å². The van der Waals surface area contributed by atoms with Crippen LogP contribution in [0, 0.1) is 13.8 Å². The summed E-state index contributed by atoms with van der Waals surface area (Å²) in [6, 6.07) is 10.2.